The van der Waals surface area contributed by atoms with Crippen molar-refractivity contribution in [2.45, 2.75) is 17.4 Å². The molecule has 3 rings (SSSR count). The minimum Gasteiger partial charge on any atom is -0.329 e. The molecule has 2 fully saturated rings. The van der Waals surface area contributed by atoms with Crippen LogP contribution in [0.2, 0.25) is 10.0 Å². The third-order valence-corrected chi connectivity index (χ3v) is 6.46. The molecule has 1 unspecified atom stereocenters. The molecule has 124 valence electrons. The average molecular weight is 378 g/mol. The molecule has 0 spiro atoms. The summed E-state index contributed by atoms with van der Waals surface area (Å²) >= 11 is 11.8. The first kappa shape index (κ1) is 16.5. The molecule has 0 radical (unpaired) electrons. The van der Waals surface area contributed by atoms with Gasteiger partial charge in [0.25, 0.3) is 0 Å². The Kier molecular flexibility index (Phi) is 4.26. The van der Waals surface area contributed by atoms with Crippen LogP contribution in [0.4, 0.5) is 4.79 Å². The molecule has 0 aliphatic carbocycles. The summed E-state index contributed by atoms with van der Waals surface area (Å²) < 4.78 is 26.6. The normalized spacial score (nSPS) is 22.7. The SMILES string of the molecule is O=C1CNC(=O)N1C1CCN(S(=O)(=O)c2cc(Cl)ccc2Cl)C1. The Bertz CT molecular complexity index is 767. The van der Waals surface area contributed by atoms with E-state index in [0.717, 1.165) is 4.90 Å². The van der Waals surface area contributed by atoms with Crippen LogP contribution in [-0.4, -0.2) is 55.2 Å². The van der Waals surface area contributed by atoms with E-state index in [9.17, 15) is 18.0 Å². The minimum absolute atomic E-state index is 0.0460. The van der Waals surface area contributed by atoms with Crippen molar-refractivity contribution in [1.82, 2.24) is 14.5 Å². The summed E-state index contributed by atoms with van der Waals surface area (Å²) in [6, 6.07) is 3.25. The number of sulfonamides is 1. The predicted octanol–water partition coefficient (Wildman–Crippen LogP) is 1.31. The number of benzene rings is 1. The van der Waals surface area contributed by atoms with Gasteiger partial charge in [-0.15, -0.1) is 0 Å². The van der Waals surface area contributed by atoms with Gasteiger partial charge in [0.1, 0.15) is 4.90 Å². The van der Waals surface area contributed by atoms with E-state index in [2.05, 4.69) is 5.32 Å². The van der Waals surface area contributed by atoms with E-state index in [0.29, 0.717) is 6.42 Å². The second-order valence-corrected chi connectivity index (χ2v) is 8.05. The Hall–Kier alpha value is -1.35. The number of hydrogen-bond donors (Lipinski definition) is 1. The third kappa shape index (κ3) is 2.91. The molecule has 10 heteroatoms. The van der Waals surface area contributed by atoms with Gasteiger partial charge >= 0.3 is 6.03 Å². The summed E-state index contributed by atoms with van der Waals surface area (Å²) in [7, 11) is -3.84. The average Bonchev–Trinajstić information content (AvgIpc) is 3.09. The summed E-state index contributed by atoms with van der Waals surface area (Å²) in [6.45, 7) is 0.194. The van der Waals surface area contributed by atoms with Gasteiger partial charge in [-0.1, -0.05) is 23.2 Å². The van der Waals surface area contributed by atoms with Crippen molar-refractivity contribution in [3.8, 4) is 0 Å². The quantitative estimate of drug-likeness (QED) is 0.804. The monoisotopic (exact) mass is 377 g/mol. The first-order chi connectivity index (χ1) is 10.8. The topological polar surface area (TPSA) is 86.8 Å². The molecule has 0 saturated carbocycles. The lowest BCUT2D eigenvalue weighted by Crippen LogP contribution is -2.42. The number of carbonyl (C=O) groups is 2. The molecule has 2 aliphatic heterocycles. The first-order valence-corrected chi connectivity index (χ1v) is 9.05. The lowest BCUT2D eigenvalue weighted by atomic mass is 10.2. The zero-order chi connectivity index (χ0) is 16.8. The van der Waals surface area contributed by atoms with Gasteiger partial charge in [-0.2, -0.15) is 4.31 Å². The van der Waals surface area contributed by atoms with Crippen LogP contribution in [0.5, 0.6) is 0 Å². The van der Waals surface area contributed by atoms with Crippen molar-refractivity contribution in [1.29, 1.82) is 0 Å². The predicted molar refractivity (Wildman–Crippen MR) is 83.9 cm³/mol. The highest BCUT2D eigenvalue weighted by Gasteiger charge is 2.42. The van der Waals surface area contributed by atoms with Crippen molar-refractivity contribution in [2.75, 3.05) is 19.6 Å². The lowest BCUT2D eigenvalue weighted by molar-refractivity contribution is -0.126. The fourth-order valence-corrected chi connectivity index (χ4v) is 4.99. The number of nitrogens with one attached hydrogen (secondary N) is 1. The number of halogens is 2. The maximum Gasteiger partial charge on any atom is 0.324 e. The van der Waals surface area contributed by atoms with Gasteiger partial charge in [0, 0.05) is 18.1 Å². The second kappa shape index (κ2) is 5.94. The summed E-state index contributed by atoms with van der Waals surface area (Å²) in [5.74, 6) is -0.347. The Morgan fingerprint density at radius 2 is 1.96 bits per heavy atom. The Balaban J connectivity index is 1.84. The Morgan fingerprint density at radius 3 is 2.61 bits per heavy atom. The molecule has 1 atom stereocenters. The standard InChI is InChI=1S/C13H13Cl2N3O4S/c14-8-1-2-10(15)11(5-8)23(21,22)17-4-3-9(7-17)18-12(19)6-16-13(18)20/h1-2,5,9H,3-4,6-7H2,(H,16,20). The maximum atomic E-state index is 12.7. The molecule has 2 aliphatic rings. The van der Waals surface area contributed by atoms with Gasteiger partial charge in [-0.25, -0.2) is 13.2 Å². The summed E-state index contributed by atoms with van der Waals surface area (Å²) in [6.07, 6.45) is 0.385. The van der Waals surface area contributed by atoms with Gasteiger partial charge in [0.15, 0.2) is 0 Å². The third-order valence-electron chi connectivity index (χ3n) is 3.88. The van der Waals surface area contributed by atoms with E-state index in [4.69, 9.17) is 23.2 Å². The summed E-state index contributed by atoms with van der Waals surface area (Å²) in [5.41, 5.74) is 0. The molecule has 0 aromatic heterocycles. The number of carbonyl (C=O) groups excluding carboxylic acids is 2. The number of urea groups is 1. The molecule has 2 heterocycles. The first-order valence-electron chi connectivity index (χ1n) is 6.86. The van der Waals surface area contributed by atoms with Crippen LogP contribution in [0.15, 0.2) is 23.1 Å². The number of nitrogens with zero attached hydrogens (tertiary/aromatic N) is 2. The Morgan fingerprint density at radius 1 is 1.22 bits per heavy atom. The van der Waals surface area contributed by atoms with E-state index < -0.39 is 22.1 Å². The number of rotatable bonds is 3. The summed E-state index contributed by atoms with van der Waals surface area (Å²) in [4.78, 5) is 24.4. The fourth-order valence-electron chi connectivity index (χ4n) is 2.76. The lowest BCUT2D eigenvalue weighted by Gasteiger charge is -2.21. The molecule has 1 aromatic rings. The van der Waals surface area contributed by atoms with Crippen LogP contribution in [0.1, 0.15) is 6.42 Å². The van der Waals surface area contributed by atoms with E-state index in [1.807, 2.05) is 0 Å². The van der Waals surface area contributed by atoms with E-state index in [1.54, 1.807) is 0 Å². The van der Waals surface area contributed by atoms with Crippen LogP contribution in [0.3, 0.4) is 0 Å². The van der Waals surface area contributed by atoms with Crippen LogP contribution in [0, 0.1) is 0 Å². The molecule has 3 amide bonds. The van der Waals surface area contributed by atoms with Crippen LogP contribution >= 0.6 is 23.2 Å². The molecule has 1 N–H and O–H groups in total. The van der Waals surface area contributed by atoms with E-state index >= 15 is 0 Å². The van der Waals surface area contributed by atoms with Crippen LogP contribution in [0.25, 0.3) is 0 Å². The largest absolute Gasteiger partial charge is 0.329 e. The minimum atomic E-state index is -3.84. The zero-order valence-electron chi connectivity index (χ0n) is 11.8. The molecular formula is C13H13Cl2N3O4S. The molecule has 23 heavy (non-hydrogen) atoms. The zero-order valence-corrected chi connectivity index (χ0v) is 14.2. The number of hydrogen-bond acceptors (Lipinski definition) is 4. The summed E-state index contributed by atoms with van der Waals surface area (Å²) in [5, 5.41) is 2.77. The van der Waals surface area contributed by atoms with Gasteiger partial charge in [0.2, 0.25) is 15.9 Å². The van der Waals surface area contributed by atoms with Crippen molar-refractivity contribution >= 4 is 45.2 Å². The van der Waals surface area contributed by atoms with E-state index in [1.165, 1.54) is 22.5 Å². The highest BCUT2D eigenvalue weighted by Crippen LogP contribution is 2.30. The molecule has 0 bridgehead atoms. The molecule has 1 aromatic carbocycles. The molecule has 2 saturated heterocycles. The van der Waals surface area contributed by atoms with Gasteiger partial charge in [-0.05, 0) is 24.6 Å². The van der Waals surface area contributed by atoms with Gasteiger partial charge < -0.3 is 5.32 Å². The molecular weight excluding hydrogens is 365 g/mol. The van der Waals surface area contributed by atoms with Crippen LogP contribution < -0.4 is 5.32 Å². The number of amides is 3. The van der Waals surface area contributed by atoms with Gasteiger partial charge in [0.05, 0.1) is 17.6 Å². The van der Waals surface area contributed by atoms with Crippen LogP contribution in [-0.2, 0) is 14.8 Å². The number of imide groups is 1. The fraction of sp³-hybridized carbons (Fsp3) is 0.385. The van der Waals surface area contributed by atoms with Crippen molar-refractivity contribution in [2.24, 2.45) is 0 Å². The van der Waals surface area contributed by atoms with E-state index in [-0.39, 0.29) is 40.5 Å². The second-order valence-electron chi connectivity index (χ2n) is 5.30. The smallest absolute Gasteiger partial charge is 0.324 e. The molecule has 7 nitrogen and oxygen atoms in total. The van der Waals surface area contributed by atoms with Crippen molar-refractivity contribution in [3.63, 3.8) is 0 Å². The van der Waals surface area contributed by atoms with Gasteiger partial charge in [-0.3, -0.25) is 9.69 Å². The van der Waals surface area contributed by atoms with Crippen molar-refractivity contribution < 1.29 is 18.0 Å². The van der Waals surface area contributed by atoms with Crippen molar-refractivity contribution in [3.05, 3.63) is 28.2 Å². The Labute approximate surface area is 143 Å². The maximum absolute atomic E-state index is 12.7. The highest BCUT2D eigenvalue weighted by atomic mass is 35.5. The highest BCUT2D eigenvalue weighted by molar-refractivity contribution is 7.89.